The van der Waals surface area contributed by atoms with Crippen molar-refractivity contribution in [2.24, 2.45) is 33.9 Å². The number of fused-ring (bicyclic) bond motifs is 1. The fourth-order valence-corrected chi connectivity index (χ4v) is 9.11. The Hall–Kier alpha value is -3.27. The minimum absolute atomic E-state index is 0.0368. The molecule has 4 aliphatic rings. The van der Waals surface area contributed by atoms with Crippen LogP contribution in [0.4, 0.5) is 0 Å². The Morgan fingerprint density at radius 2 is 1.89 bits per heavy atom. The molecule has 1 heterocycles. The number of nitrogens with zero attached hydrogens (tertiary/aromatic N) is 2. The molecule has 15 heteroatoms. The average molecular weight is 657 g/mol. The zero-order chi connectivity index (χ0) is 33.4. The fourth-order valence-electron chi connectivity index (χ4n) is 7.65. The van der Waals surface area contributed by atoms with Gasteiger partial charge in [0.15, 0.2) is 5.03 Å². The molecular weight excluding hydrogens is 611 g/mol. The summed E-state index contributed by atoms with van der Waals surface area (Å²) in [5.74, 6) is -0.311. The number of guanidine groups is 1. The van der Waals surface area contributed by atoms with Crippen LogP contribution in [0.3, 0.4) is 0 Å². The predicted octanol–water partition coefficient (Wildman–Crippen LogP) is 3.16. The Balaban J connectivity index is 1.36. The van der Waals surface area contributed by atoms with Gasteiger partial charge in [-0.1, -0.05) is 69.5 Å². The number of nitrogens with one attached hydrogen (secondary N) is 3. The molecule has 0 aromatic heterocycles. The minimum atomic E-state index is -4.16. The van der Waals surface area contributed by atoms with Crippen LogP contribution < -0.4 is 21.2 Å². The van der Waals surface area contributed by atoms with Crippen LogP contribution in [0.15, 0.2) is 52.4 Å². The summed E-state index contributed by atoms with van der Waals surface area (Å²) in [7, 11) is -4.83. The Bertz CT molecular complexity index is 1600. The van der Waals surface area contributed by atoms with E-state index in [0.717, 1.165) is 18.2 Å². The van der Waals surface area contributed by atoms with Gasteiger partial charge >= 0.3 is 7.12 Å². The molecule has 1 aliphatic heterocycles. The standard InChI is InChI=1S/C31H45BN6O7S/c1-19(2)16-27(32-44-26-18-21-17-25(30(21,3)4)31(26,5)45-32)35-28(39)23(13-9-15-34-29(33)36-38(40)41)37-46(42,43)24-14-8-11-20-10-6-7-12-22(20)24/h6-8,10-12,14,19,21,23,25-27,37H,9,13,15-18H2,1-5H3,(H,35,39)(H3,33,34,36)/t21-,23+,25-,26-,27+,31+/m1/s1. The molecular formula is C31H45BN6O7S. The third-order valence-electron chi connectivity index (χ3n) is 10.1. The first-order valence-corrected chi connectivity index (χ1v) is 17.4. The van der Waals surface area contributed by atoms with E-state index >= 15 is 0 Å². The Morgan fingerprint density at radius 1 is 1.17 bits per heavy atom. The molecule has 5 N–H and O–H groups in total. The lowest BCUT2D eigenvalue weighted by Gasteiger charge is -2.64. The van der Waals surface area contributed by atoms with Gasteiger partial charge in [0.1, 0.15) is 6.04 Å². The Kier molecular flexibility index (Phi) is 9.70. The number of amides is 1. The second-order valence-corrected chi connectivity index (χ2v) is 15.7. The molecule has 250 valence electrons. The number of nitrogens with two attached hydrogens (primary N) is 1. The summed E-state index contributed by atoms with van der Waals surface area (Å²) in [4.78, 5) is 28.6. The molecule has 1 saturated heterocycles. The molecule has 0 spiro atoms. The van der Waals surface area contributed by atoms with Gasteiger partial charge < -0.3 is 20.4 Å². The van der Waals surface area contributed by atoms with E-state index in [-0.39, 0.29) is 47.7 Å². The van der Waals surface area contributed by atoms with E-state index in [1.54, 1.807) is 23.6 Å². The molecule has 0 unspecified atom stereocenters. The summed E-state index contributed by atoms with van der Waals surface area (Å²) in [6.45, 7) is 10.8. The van der Waals surface area contributed by atoms with Crippen LogP contribution in [0.5, 0.6) is 0 Å². The third kappa shape index (κ3) is 6.87. The zero-order valence-corrected chi connectivity index (χ0v) is 27.9. The van der Waals surface area contributed by atoms with Gasteiger partial charge in [0, 0.05) is 11.9 Å². The van der Waals surface area contributed by atoms with Gasteiger partial charge in [-0.05, 0) is 73.6 Å². The van der Waals surface area contributed by atoms with E-state index in [4.69, 9.17) is 15.0 Å². The first-order valence-electron chi connectivity index (χ1n) is 16.0. The maximum Gasteiger partial charge on any atom is 0.481 e. The number of aliphatic imine (C=N–C) groups is 1. The number of hydrogen-bond acceptors (Lipinski definition) is 8. The van der Waals surface area contributed by atoms with Crippen molar-refractivity contribution in [2.75, 3.05) is 6.54 Å². The largest absolute Gasteiger partial charge is 0.481 e. The second-order valence-electron chi connectivity index (χ2n) is 14.0. The molecule has 13 nitrogen and oxygen atoms in total. The number of carbonyl (C=O) groups is 1. The highest BCUT2D eigenvalue weighted by molar-refractivity contribution is 7.89. The van der Waals surface area contributed by atoms with E-state index in [1.807, 2.05) is 32.0 Å². The quantitative estimate of drug-likeness (QED) is 0.0627. The lowest BCUT2D eigenvalue weighted by molar-refractivity contribution is -0.525. The van der Waals surface area contributed by atoms with Gasteiger partial charge in [0.2, 0.25) is 15.9 Å². The van der Waals surface area contributed by atoms with Gasteiger partial charge in [0.05, 0.1) is 22.5 Å². The van der Waals surface area contributed by atoms with Crippen LogP contribution in [-0.4, -0.2) is 62.7 Å². The Labute approximate surface area is 270 Å². The van der Waals surface area contributed by atoms with E-state index in [0.29, 0.717) is 23.6 Å². The highest BCUT2D eigenvalue weighted by atomic mass is 32.2. The first-order chi connectivity index (χ1) is 21.6. The zero-order valence-electron chi connectivity index (χ0n) is 27.1. The van der Waals surface area contributed by atoms with Gasteiger partial charge in [-0.25, -0.2) is 23.5 Å². The summed E-state index contributed by atoms with van der Waals surface area (Å²) < 4.78 is 43.4. The van der Waals surface area contributed by atoms with Crippen molar-refractivity contribution < 1.29 is 27.6 Å². The van der Waals surface area contributed by atoms with Crippen molar-refractivity contribution in [1.29, 1.82) is 0 Å². The number of carbonyl (C=O) groups excluding carboxylic acids is 1. The number of hydrogen-bond donors (Lipinski definition) is 4. The van der Waals surface area contributed by atoms with Crippen LogP contribution in [0, 0.1) is 33.3 Å². The predicted molar refractivity (Wildman–Crippen MR) is 175 cm³/mol. The van der Waals surface area contributed by atoms with E-state index in [9.17, 15) is 23.3 Å². The second kappa shape index (κ2) is 13.1. The molecule has 3 aliphatic carbocycles. The topological polar surface area (TPSA) is 187 Å². The van der Waals surface area contributed by atoms with Gasteiger partial charge in [0.25, 0.3) is 5.96 Å². The molecule has 1 amide bonds. The van der Waals surface area contributed by atoms with Crippen LogP contribution >= 0.6 is 0 Å². The van der Waals surface area contributed by atoms with E-state index < -0.39 is 45.7 Å². The maximum atomic E-state index is 14.0. The average Bonchev–Trinajstić information content (AvgIpc) is 3.34. The maximum absolute atomic E-state index is 14.0. The minimum Gasteiger partial charge on any atom is -0.404 e. The van der Waals surface area contributed by atoms with Crippen molar-refractivity contribution >= 4 is 39.8 Å². The summed E-state index contributed by atoms with van der Waals surface area (Å²) in [6, 6.07) is 10.9. The first kappa shape index (κ1) is 34.1. The number of sulfonamides is 1. The van der Waals surface area contributed by atoms with E-state index in [2.05, 4.69) is 35.8 Å². The van der Waals surface area contributed by atoms with Crippen LogP contribution in [0.25, 0.3) is 10.8 Å². The lowest BCUT2D eigenvalue weighted by Crippen LogP contribution is -2.65. The molecule has 46 heavy (non-hydrogen) atoms. The highest BCUT2D eigenvalue weighted by Gasteiger charge is 2.68. The van der Waals surface area contributed by atoms with Gasteiger partial charge in [-0.15, -0.1) is 0 Å². The molecule has 6 atom stereocenters. The molecule has 0 radical (unpaired) electrons. The summed E-state index contributed by atoms with van der Waals surface area (Å²) in [6.07, 6.45) is 2.77. The van der Waals surface area contributed by atoms with Crippen LogP contribution in [0.1, 0.15) is 66.7 Å². The van der Waals surface area contributed by atoms with E-state index in [1.165, 1.54) is 6.07 Å². The number of rotatable bonds is 13. The molecule has 4 fully saturated rings. The monoisotopic (exact) mass is 656 g/mol. The van der Waals surface area contributed by atoms with Gasteiger partial charge in [-0.3, -0.25) is 4.79 Å². The third-order valence-corrected chi connectivity index (χ3v) is 11.7. The number of hydrazine groups is 1. The molecule has 6 rings (SSSR count). The van der Waals surface area contributed by atoms with Crippen LogP contribution in [-0.2, 0) is 24.1 Å². The van der Waals surface area contributed by atoms with Crippen molar-refractivity contribution in [3.05, 3.63) is 52.6 Å². The molecule has 2 bridgehead atoms. The summed E-state index contributed by atoms with van der Waals surface area (Å²) >= 11 is 0. The summed E-state index contributed by atoms with van der Waals surface area (Å²) in [5, 5.41) is 14.2. The smallest absolute Gasteiger partial charge is 0.404 e. The van der Waals surface area contributed by atoms with Crippen molar-refractivity contribution in [2.45, 2.75) is 95.3 Å². The van der Waals surface area contributed by atoms with Crippen LogP contribution in [0.2, 0.25) is 0 Å². The van der Waals surface area contributed by atoms with Crippen molar-refractivity contribution in [3.8, 4) is 0 Å². The fraction of sp³-hybridized carbons (Fsp3) is 0.613. The molecule has 3 saturated carbocycles. The normalized spacial score (nSPS) is 26.7. The summed E-state index contributed by atoms with van der Waals surface area (Å²) in [5.41, 5.74) is 7.00. The SMILES string of the molecule is CC(C)C[C@H](NC(=O)[C@H](CCCN=C(N)N[N+](=O)[O-])NS(=O)(=O)c1cccc2ccccc12)B1O[C@@H]2C[C@H]3C[C@H](C3(C)C)[C@]2(C)O1. The van der Waals surface area contributed by atoms with Gasteiger partial charge in [-0.2, -0.15) is 4.72 Å². The molecule has 2 aromatic rings. The number of nitro groups is 1. The number of benzene rings is 2. The lowest BCUT2D eigenvalue weighted by atomic mass is 9.43. The molecule has 2 aromatic carbocycles. The Morgan fingerprint density at radius 3 is 2.59 bits per heavy atom. The van der Waals surface area contributed by atoms with Crippen molar-refractivity contribution in [3.63, 3.8) is 0 Å². The highest BCUT2D eigenvalue weighted by Crippen LogP contribution is 2.65. The van der Waals surface area contributed by atoms with Crippen molar-refractivity contribution in [1.82, 2.24) is 15.5 Å².